The summed E-state index contributed by atoms with van der Waals surface area (Å²) in [4.78, 5) is 2.79. The maximum Gasteiger partial charge on any atom is 0.134 e. The van der Waals surface area contributed by atoms with Gasteiger partial charge in [-0.1, -0.05) is 44.1 Å². The van der Waals surface area contributed by atoms with Crippen molar-refractivity contribution in [1.29, 1.82) is 0 Å². The van der Waals surface area contributed by atoms with Crippen LogP contribution < -0.4 is 0 Å². The van der Waals surface area contributed by atoms with Crippen LogP contribution in [0.25, 0.3) is 11.0 Å². The Bertz CT molecular complexity index is 744. The van der Waals surface area contributed by atoms with Gasteiger partial charge in [-0.2, -0.15) is 0 Å². The summed E-state index contributed by atoms with van der Waals surface area (Å²) in [6, 6.07) is 7.77. The average molecular weight is 323 g/mol. The maximum atomic E-state index is 5.81. The number of nitrogens with zero attached hydrogens (tertiary/aromatic N) is 1. The van der Waals surface area contributed by atoms with Gasteiger partial charge >= 0.3 is 0 Å². The molecule has 0 N–H and O–H groups in total. The van der Waals surface area contributed by atoms with Crippen molar-refractivity contribution in [3.8, 4) is 0 Å². The van der Waals surface area contributed by atoms with Crippen molar-refractivity contribution < 1.29 is 4.42 Å². The molecule has 3 aliphatic rings. The van der Waals surface area contributed by atoms with E-state index in [1.807, 2.05) is 6.26 Å². The van der Waals surface area contributed by atoms with E-state index in [1.165, 1.54) is 42.3 Å². The van der Waals surface area contributed by atoms with Crippen molar-refractivity contribution in [3.05, 3.63) is 47.7 Å². The number of rotatable bonds is 5. The quantitative estimate of drug-likeness (QED) is 0.690. The summed E-state index contributed by atoms with van der Waals surface area (Å²) in [5, 5.41) is 1.30. The van der Waals surface area contributed by atoms with Crippen LogP contribution in [-0.4, -0.2) is 23.5 Å². The third-order valence-electron chi connectivity index (χ3n) is 6.23. The molecule has 1 saturated heterocycles. The van der Waals surface area contributed by atoms with Crippen LogP contribution in [0.4, 0.5) is 0 Å². The lowest BCUT2D eigenvalue weighted by Gasteiger charge is -2.49. The molecule has 4 atom stereocenters. The molecule has 128 valence electrons. The smallest absolute Gasteiger partial charge is 0.134 e. The maximum absolute atomic E-state index is 5.81. The highest BCUT2D eigenvalue weighted by Crippen LogP contribution is 2.38. The second-order valence-electron chi connectivity index (χ2n) is 7.76. The van der Waals surface area contributed by atoms with E-state index in [9.17, 15) is 0 Å². The number of hydrogen-bond acceptors (Lipinski definition) is 2. The first kappa shape index (κ1) is 16.0. The molecule has 1 fully saturated rings. The van der Waals surface area contributed by atoms with Crippen LogP contribution in [-0.2, 0) is 6.42 Å². The molecule has 3 heterocycles. The Morgan fingerprint density at radius 3 is 2.88 bits per heavy atom. The summed E-state index contributed by atoms with van der Waals surface area (Å²) in [6.07, 6.45) is 11.9. The molecule has 1 aromatic heterocycles. The molecule has 5 rings (SSSR count). The summed E-state index contributed by atoms with van der Waals surface area (Å²) < 4.78 is 5.81. The van der Waals surface area contributed by atoms with E-state index < -0.39 is 0 Å². The van der Waals surface area contributed by atoms with Gasteiger partial charge in [0.1, 0.15) is 5.58 Å². The van der Waals surface area contributed by atoms with Gasteiger partial charge in [0.15, 0.2) is 0 Å². The van der Waals surface area contributed by atoms with Crippen LogP contribution >= 0.6 is 0 Å². The van der Waals surface area contributed by atoms with Crippen molar-refractivity contribution in [2.24, 2.45) is 11.8 Å². The third-order valence-corrected chi connectivity index (χ3v) is 6.23. The van der Waals surface area contributed by atoms with Gasteiger partial charge in [0, 0.05) is 24.0 Å². The Labute approximate surface area is 145 Å². The lowest BCUT2D eigenvalue weighted by molar-refractivity contribution is 0.0409. The average Bonchev–Trinajstić information content (AvgIpc) is 3.01. The number of furan rings is 1. The summed E-state index contributed by atoms with van der Waals surface area (Å²) in [6.45, 7) is 8.09. The topological polar surface area (TPSA) is 16.4 Å². The zero-order valence-electron chi connectivity index (χ0n) is 15.2. The van der Waals surface area contributed by atoms with E-state index in [2.05, 4.69) is 56.0 Å². The molecule has 2 aliphatic heterocycles. The molecular formula is C22H29NO. The van der Waals surface area contributed by atoms with Crippen LogP contribution in [0.1, 0.15) is 44.2 Å². The summed E-state index contributed by atoms with van der Waals surface area (Å²) >= 11 is 0. The predicted octanol–water partition coefficient (Wildman–Crippen LogP) is 5.35. The first-order chi connectivity index (χ1) is 11.7. The van der Waals surface area contributed by atoms with Crippen molar-refractivity contribution in [2.45, 2.75) is 58.5 Å². The molecule has 2 nitrogen and oxygen atoms in total. The minimum atomic E-state index is 0.609. The normalized spacial score (nSPS) is 27.9. The van der Waals surface area contributed by atoms with Crippen LogP contribution in [0.15, 0.2) is 41.0 Å². The first-order valence-electron chi connectivity index (χ1n) is 9.60. The Morgan fingerprint density at radius 1 is 1.25 bits per heavy atom. The van der Waals surface area contributed by atoms with Gasteiger partial charge in [0.25, 0.3) is 0 Å². The second kappa shape index (κ2) is 6.40. The Hall–Kier alpha value is -1.54. The first-order valence-corrected chi connectivity index (χ1v) is 9.60. The molecular weight excluding hydrogens is 294 g/mol. The lowest BCUT2D eigenvalue weighted by atomic mass is 9.75. The van der Waals surface area contributed by atoms with Gasteiger partial charge in [0.05, 0.1) is 6.26 Å². The molecule has 24 heavy (non-hydrogen) atoms. The van der Waals surface area contributed by atoms with Crippen molar-refractivity contribution in [1.82, 2.24) is 4.90 Å². The highest BCUT2D eigenvalue weighted by molar-refractivity contribution is 5.81. The van der Waals surface area contributed by atoms with E-state index in [1.54, 1.807) is 0 Å². The molecule has 2 aromatic rings. The van der Waals surface area contributed by atoms with Gasteiger partial charge in [0.2, 0.25) is 0 Å². The third kappa shape index (κ3) is 2.71. The fourth-order valence-corrected chi connectivity index (χ4v) is 4.85. The highest BCUT2D eigenvalue weighted by atomic mass is 16.3. The molecule has 0 saturated carbocycles. The van der Waals surface area contributed by atoms with Crippen molar-refractivity contribution in [3.63, 3.8) is 0 Å². The largest absolute Gasteiger partial charge is 0.464 e. The van der Waals surface area contributed by atoms with E-state index in [4.69, 9.17) is 4.42 Å². The molecule has 1 aliphatic carbocycles. The Balaban J connectivity index is 1.60. The van der Waals surface area contributed by atoms with Gasteiger partial charge in [-0.25, -0.2) is 0 Å². The standard InChI is InChI=1S/C22H29NO/c1-4-17-11-16-7-8-21(17)23(13-16)19(5-2)12-18-14-24-22-9-6-15(3)10-20(18)22/h6-10,14,16-17,19,21H,4-5,11-13H2,1-3H3/t16?,17?,19-,21?/m0/s1. The van der Waals surface area contributed by atoms with Crippen molar-refractivity contribution >= 4 is 11.0 Å². The second-order valence-corrected chi connectivity index (χ2v) is 7.76. The van der Waals surface area contributed by atoms with Gasteiger partial charge < -0.3 is 4.42 Å². The zero-order chi connectivity index (χ0) is 16.7. The van der Waals surface area contributed by atoms with Crippen LogP contribution in [0.5, 0.6) is 0 Å². The van der Waals surface area contributed by atoms with Crippen LogP contribution in [0.2, 0.25) is 0 Å². The minimum Gasteiger partial charge on any atom is -0.464 e. The van der Waals surface area contributed by atoms with Crippen LogP contribution in [0, 0.1) is 18.8 Å². The molecule has 1 aromatic carbocycles. The van der Waals surface area contributed by atoms with Crippen LogP contribution in [0.3, 0.4) is 0 Å². The zero-order valence-corrected chi connectivity index (χ0v) is 15.2. The minimum absolute atomic E-state index is 0.609. The number of benzene rings is 1. The lowest BCUT2D eigenvalue weighted by Crippen LogP contribution is -2.54. The summed E-state index contributed by atoms with van der Waals surface area (Å²) in [7, 11) is 0. The van der Waals surface area contributed by atoms with Gasteiger partial charge in [-0.3, -0.25) is 4.90 Å². The molecule has 2 bridgehead atoms. The fourth-order valence-electron chi connectivity index (χ4n) is 4.85. The summed E-state index contributed by atoms with van der Waals surface area (Å²) in [5.41, 5.74) is 3.71. The number of fused-ring (bicyclic) bond motifs is 3. The number of aryl methyl sites for hydroxylation is 1. The number of piperidine rings is 1. The van der Waals surface area contributed by atoms with Crippen molar-refractivity contribution in [2.75, 3.05) is 6.54 Å². The highest BCUT2D eigenvalue weighted by Gasteiger charge is 2.39. The van der Waals surface area contributed by atoms with E-state index in [0.29, 0.717) is 12.1 Å². The SMILES string of the molecule is CCC1CC2C=CC1N([C@@H](CC)Cc1coc3ccc(C)cc13)C2. The molecule has 2 heteroatoms. The predicted molar refractivity (Wildman–Crippen MR) is 100 cm³/mol. The summed E-state index contributed by atoms with van der Waals surface area (Å²) in [5.74, 6) is 1.60. The monoisotopic (exact) mass is 323 g/mol. The molecule has 3 unspecified atom stereocenters. The molecule has 0 amide bonds. The van der Waals surface area contributed by atoms with Gasteiger partial charge in [-0.15, -0.1) is 0 Å². The van der Waals surface area contributed by atoms with E-state index in [0.717, 1.165) is 23.8 Å². The molecule has 0 spiro atoms. The molecule has 0 radical (unpaired) electrons. The Kier molecular flexibility index (Phi) is 4.26. The van der Waals surface area contributed by atoms with E-state index in [-0.39, 0.29) is 0 Å². The van der Waals surface area contributed by atoms with Gasteiger partial charge in [-0.05, 0) is 55.7 Å². The number of hydrogen-bond donors (Lipinski definition) is 0. The Morgan fingerprint density at radius 2 is 2.12 bits per heavy atom. The fraction of sp³-hybridized carbons (Fsp3) is 0.545. The van der Waals surface area contributed by atoms with E-state index >= 15 is 0 Å².